The van der Waals surface area contributed by atoms with Crippen molar-refractivity contribution in [2.45, 2.75) is 90.4 Å². The summed E-state index contributed by atoms with van der Waals surface area (Å²) in [6, 6.07) is 0. The average molecular weight is 278 g/mol. The predicted molar refractivity (Wildman–Crippen MR) is 77.2 cm³/mol. The third kappa shape index (κ3) is 6.74. The van der Waals surface area contributed by atoms with Crippen LogP contribution in [0.1, 0.15) is 79.6 Å². The summed E-state index contributed by atoms with van der Waals surface area (Å²) in [5.74, 6) is 0. The fourth-order valence-electron chi connectivity index (χ4n) is 1.62. The Balaban J connectivity index is 4.12. The molecule has 0 radical (unpaired) electrons. The summed E-state index contributed by atoms with van der Waals surface area (Å²) in [6.07, 6.45) is 7.39. The monoisotopic (exact) mass is 278 g/mol. The largest absolute Gasteiger partial charge is 0.272 e. The molecule has 0 aliphatic heterocycles. The number of hydrogen-bond acceptors (Lipinski definition) is 3. The molecule has 3 nitrogen and oxygen atoms in total. The van der Waals surface area contributed by atoms with Crippen molar-refractivity contribution in [3.05, 3.63) is 0 Å². The van der Waals surface area contributed by atoms with E-state index in [1.165, 1.54) is 25.7 Å². The topological polar surface area (TPSA) is 43.4 Å². The molecule has 1 unspecified atom stereocenters. The Hall–Kier alpha value is -0.0900. The van der Waals surface area contributed by atoms with E-state index in [2.05, 4.69) is 6.92 Å². The molecule has 110 valence electrons. The fraction of sp³-hybridized carbons (Fsp3) is 1.00. The highest BCUT2D eigenvalue weighted by molar-refractivity contribution is 7.88. The molecule has 1 atom stereocenters. The van der Waals surface area contributed by atoms with E-state index in [4.69, 9.17) is 4.18 Å². The van der Waals surface area contributed by atoms with Gasteiger partial charge in [0.25, 0.3) is 10.1 Å². The molecule has 0 aliphatic carbocycles. The van der Waals surface area contributed by atoms with E-state index in [1.54, 1.807) is 20.8 Å². The van der Waals surface area contributed by atoms with Gasteiger partial charge in [0.05, 0.1) is 10.9 Å². The second-order valence-electron chi connectivity index (χ2n) is 5.90. The van der Waals surface area contributed by atoms with Gasteiger partial charge in [-0.1, -0.05) is 46.0 Å². The molecule has 4 heteroatoms. The van der Waals surface area contributed by atoms with Gasteiger partial charge in [0, 0.05) is 0 Å². The lowest BCUT2D eigenvalue weighted by molar-refractivity contribution is 0.183. The van der Waals surface area contributed by atoms with Gasteiger partial charge in [0.1, 0.15) is 0 Å². The van der Waals surface area contributed by atoms with Crippen molar-refractivity contribution in [3.63, 3.8) is 0 Å². The molecule has 0 aromatic carbocycles. The van der Waals surface area contributed by atoms with Gasteiger partial charge in [-0.2, -0.15) is 8.42 Å². The highest BCUT2D eigenvalue weighted by Gasteiger charge is 2.32. The van der Waals surface area contributed by atoms with Crippen LogP contribution in [0, 0.1) is 0 Å². The van der Waals surface area contributed by atoms with Gasteiger partial charge in [0.2, 0.25) is 0 Å². The van der Waals surface area contributed by atoms with E-state index in [0.29, 0.717) is 0 Å². The van der Waals surface area contributed by atoms with Crippen LogP contribution in [-0.4, -0.2) is 19.3 Å². The SMILES string of the molecule is CCCCCCCC(CC)OS(=O)(=O)C(C)(C)C. The first-order valence-electron chi connectivity index (χ1n) is 7.17. The van der Waals surface area contributed by atoms with E-state index in [9.17, 15) is 8.42 Å². The molecule has 0 spiro atoms. The van der Waals surface area contributed by atoms with Gasteiger partial charge in [-0.15, -0.1) is 0 Å². The lowest BCUT2D eigenvalue weighted by atomic mass is 10.1. The Morgan fingerprint density at radius 2 is 1.56 bits per heavy atom. The Bertz CT molecular complexity index is 301. The van der Waals surface area contributed by atoms with Crippen LogP contribution < -0.4 is 0 Å². The molecule has 18 heavy (non-hydrogen) atoms. The lowest BCUT2D eigenvalue weighted by Gasteiger charge is -2.23. The molecular weight excluding hydrogens is 248 g/mol. The molecule has 0 amide bonds. The van der Waals surface area contributed by atoms with Crippen molar-refractivity contribution in [1.82, 2.24) is 0 Å². The van der Waals surface area contributed by atoms with Gasteiger partial charge >= 0.3 is 0 Å². The van der Waals surface area contributed by atoms with Gasteiger partial charge < -0.3 is 0 Å². The zero-order valence-electron chi connectivity index (χ0n) is 12.7. The number of hydrogen-bond donors (Lipinski definition) is 0. The van der Waals surface area contributed by atoms with Gasteiger partial charge in [0.15, 0.2) is 0 Å². The van der Waals surface area contributed by atoms with Crippen LogP contribution in [0.2, 0.25) is 0 Å². The Morgan fingerprint density at radius 1 is 1.00 bits per heavy atom. The molecular formula is C14H30O3S. The average Bonchev–Trinajstić information content (AvgIpc) is 2.25. The Kier molecular flexibility index (Phi) is 8.11. The minimum atomic E-state index is -3.46. The third-order valence-corrected chi connectivity index (χ3v) is 5.12. The minimum absolute atomic E-state index is 0.157. The number of unbranched alkanes of at least 4 members (excludes halogenated alkanes) is 4. The summed E-state index contributed by atoms with van der Waals surface area (Å²) in [6.45, 7) is 9.20. The molecule has 0 saturated heterocycles. The van der Waals surface area contributed by atoms with Crippen molar-refractivity contribution < 1.29 is 12.6 Å². The quantitative estimate of drug-likeness (QED) is 0.467. The second-order valence-corrected chi connectivity index (χ2v) is 8.22. The molecule has 0 aromatic rings. The van der Waals surface area contributed by atoms with Crippen LogP contribution in [0.25, 0.3) is 0 Å². The first-order chi connectivity index (χ1) is 8.24. The van der Waals surface area contributed by atoms with Crippen molar-refractivity contribution in [2.24, 2.45) is 0 Å². The van der Waals surface area contributed by atoms with E-state index >= 15 is 0 Å². The third-order valence-electron chi connectivity index (χ3n) is 3.10. The molecule has 0 aliphatic rings. The van der Waals surface area contributed by atoms with E-state index < -0.39 is 14.9 Å². The normalized spacial score (nSPS) is 14.7. The maximum atomic E-state index is 11.9. The number of rotatable bonds is 9. The highest BCUT2D eigenvalue weighted by atomic mass is 32.2. The Morgan fingerprint density at radius 3 is 2.00 bits per heavy atom. The summed E-state index contributed by atoms with van der Waals surface area (Å²) in [5, 5.41) is 0. The van der Waals surface area contributed by atoms with Crippen LogP contribution in [-0.2, 0) is 14.3 Å². The van der Waals surface area contributed by atoms with E-state index in [-0.39, 0.29) is 6.10 Å². The molecule has 0 fully saturated rings. The van der Waals surface area contributed by atoms with Crippen LogP contribution in [0.4, 0.5) is 0 Å². The van der Waals surface area contributed by atoms with E-state index in [0.717, 1.165) is 19.3 Å². The maximum absolute atomic E-state index is 11.9. The molecule has 0 bridgehead atoms. The summed E-state index contributed by atoms with van der Waals surface area (Å²) < 4.78 is 28.4. The standard InChI is InChI=1S/C14H30O3S/c1-6-8-9-10-11-12-13(7-2)17-18(15,16)14(3,4)5/h13H,6-12H2,1-5H3. The Labute approximate surface area is 113 Å². The summed E-state index contributed by atoms with van der Waals surface area (Å²) in [7, 11) is -3.46. The molecule has 0 heterocycles. The zero-order chi connectivity index (χ0) is 14.2. The fourth-order valence-corrected chi connectivity index (χ4v) is 2.50. The smallest absolute Gasteiger partial charge is 0.266 e. The van der Waals surface area contributed by atoms with Crippen molar-refractivity contribution in [2.75, 3.05) is 0 Å². The predicted octanol–water partition coefficient (Wildman–Crippen LogP) is 4.27. The zero-order valence-corrected chi connectivity index (χ0v) is 13.5. The van der Waals surface area contributed by atoms with E-state index in [1.807, 2.05) is 6.92 Å². The van der Waals surface area contributed by atoms with Crippen molar-refractivity contribution >= 4 is 10.1 Å². The summed E-state index contributed by atoms with van der Waals surface area (Å²) in [4.78, 5) is 0. The van der Waals surface area contributed by atoms with Crippen molar-refractivity contribution in [1.29, 1.82) is 0 Å². The molecule has 0 saturated carbocycles. The molecule has 0 rings (SSSR count). The minimum Gasteiger partial charge on any atom is -0.266 e. The maximum Gasteiger partial charge on any atom is 0.272 e. The van der Waals surface area contributed by atoms with Gasteiger partial charge in [-0.3, -0.25) is 4.18 Å². The highest BCUT2D eigenvalue weighted by Crippen LogP contribution is 2.22. The van der Waals surface area contributed by atoms with Crippen molar-refractivity contribution in [3.8, 4) is 0 Å². The van der Waals surface area contributed by atoms with Crippen LogP contribution in [0.15, 0.2) is 0 Å². The first kappa shape index (κ1) is 17.9. The second kappa shape index (κ2) is 8.16. The molecule has 0 N–H and O–H groups in total. The molecule has 0 aromatic heterocycles. The van der Waals surface area contributed by atoms with Gasteiger partial charge in [-0.25, -0.2) is 0 Å². The first-order valence-corrected chi connectivity index (χ1v) is 8.58. The summed E-state index contributed by atoms with van der Waals surface area (Å²) >= 11 is 0. The van der Waals surface area contributed by atoms with Gasteiger partial charge in [-0.05, 0) is 33.6 Å². The van der Waals surface area contributed by atoms with Crippen LogP contribution in [0.5, 0.6) is 0 Å². The lowest BCUT2D eigenvalue weighted by Crippen LogP contribution is -2.33. The van der Waals surface area contributed by atoms with Crippen LogP contribution in [0.3, 0.4) is 0 Å². The summed E-state index contributed by atoms with van der Waals surface area (Å²) in [5.41, 5.74) is 0. The van der Waals surface area contributed by atoms with Crippen LogP contribution >= 0.6 is 0 Å².